The number of furan rings is 1. The minimum atomic E-state index is -1.01. The summed E-state index contributed by atoms with van der Waals surface area (Å²) in [6.45, 7) is 0. The van der Waals surface area contributed by atoms with Gasteiger partial charge < -0.3 is 19.7 Å². The molecule has 3 heterocycles. The van der Waals surface area contributed by atoms with Crippen molar-refractivity contribution in [3.8, 4) is 11.3 Å². The van der Waals surface area contributed by atoms with Gasteiger partial charge in [0, 0.05) is 17.8 Å². The van der Waals surface area contributed by atoms with E-state index in [0.717, 1.165) is 24.3 Å². The van der Waals surface area contributed by atoms with E-state index in [1.54, 1.807) is 18.3 Å². The molecule has 2 N–H and O–H groups in total. The van der Waals surface area contributed by atoms with Gasteiger partial charge in [0.2, 0.25) is 0 Å². The lowest BCUT2D eigenvalue weighted by atomic mass is 9.92. The highest BCUT2D eigenvalue weighted by molar-refractivity contribution is 7.80. The third-order valence-electron chi connectivity index (χ3n) is 6.50. The molecule has 0 bridgehead atoms. The average Bonchev–Trinajstić information content (AvgIpc) is 3.45. The summed E-state index contributed by atoms with van der Waals surface area (Å²) in [5.74, 6) is 0.262. The van der Waals surface area contributed by atoms with Gasteiger partial charge in [-0.2, -0.15) is 0 Å². The third-order valence-corrected chi connectivity index (χ3v) is 7.16. The fourth-order valence-electron chi connectivity index (χ4n) is 4.93. The van der Waals surface area contributed by atoms with Crippen LogP contribution in [0.15, 0.2) is 59.1 Å². The van der Waals surface area contributed by atoms with Crippen molar-refractivity contribution >= 4 is 34.9 Å². The van der Waals surface area contributed by atoms with Crippen LogP contribution < -0.4 is 5.32 Å². The van der Waals surface area contributed by atoms with Gasteiger partial charge in [0.1, 0.15) is 17.6 Å². The molecule has 1 aliphatic heterocycles. The summed E-state index contributed by atoms with van der Waals surface area (Å²) in [5, 5.41) is 14.0. The zero-order valence-corrected chi connectivity index (χ0v) is 19.5. The van der Waals surface area contributed by atoms with E-state index in [9.17, 15) is 9.90 Å². The van der Waals surface area contributed by atoms with Crippen LogP contribution in [0.1, 0.15) is 66.0 Å². The van der Waals surface area contributed by atoms with Crippen LogP contribution in [0.5, 0.6) is 0 Å². The van der Waals surface area contributed by atoms with Crippen molar-refractivity contribution < 1.29 is 14.3 Å². The number of aromatic carboxylic acids is 1. The monoisotopic (exact) mass is 481 g/mol. The van der Waals surface area contributed by atoms with E-state index in [1.807, 2.05) is 30.3 Å². The molecule has 3 aromatic rings. The van der Waals surface area contributed by atoms with Gasteiger partial charge >= 0.3 is 5.97 Å². The molecule has 0 amide bonds. The quantitative estimate of drug-likeness (QED) is 0.433. The van der Waals surface area contributed by atoms with Crippen molar-refractivity contribution in [3.05, 3.63) is 76.8 Å². The number of benzene rings is 1. The minimum absolute atomic E-state index is 0.152. The van der Waals surface area contributed by atoms with Gasteiger partial charge in [0.05, 0.1) is 22.3 Å². The van der Waals surface area contributed by atoms with Crippen molar-refractivity contribution in [2.75, 3.05) is 0 Å². The number of carboxylic acids is 1. The summed E-state index contributed by atoms with van der Waals surface area (Å²) >= 11 is 12.2. The van der Waals surface area contributed by atoms with Crippen LogP contribution in [0.25, 0.3) is 11.3 Å². The number of hydrogen-bond acceptors (Lipinski definition) is 4. The van der Waals surface area contributed by atoms with Crippen LogP contribution in [-0.4, -0.2) is 32.1 Å². The Morgan fingerprint density at radius 2 is 1.97 bits per heavy atom. The third kappa shape index (κ3) is 4.23. The van der Waals surface area contributed by atoms with Crippen molar-refractivity contribution in [3.63, 3.8) is 0 Å². The lowest BCUT2D eigenvalue weighted by molar-refractivity contribution is 0.0697. The molecule has 1 saturated heterocycles. The highest BCUT2D eigenvalue weighted by atomic mass is 35.5. The molecule has 1 aromatic carbocycles. The lowest BCUT2D eigenvalue weighted by Crippen LogP contribution is -2.40. The normalized spacial score (nSPS) is 21.2. The number of aromatic nitrogens is 1. The Labute approximate surface area is 202 Å². The number of nitrogens with one attached hydrogen (secondary N) is 1. The van der Waals surface area contributed by atoms with Gasteiger partial charge in [-0.05, 0) is 67.5 Å². The van der Waals surface area contributed by atoms with E-state index in [-0.39, 0.29) is 17.6 Å². The number of halogens is 1. The van der Waals surface area contributed by atoms with E-state index >= 15 is 0 Å². The molecule has 0 spiro atoms. The van der Waals surface area contributed by atoms with Crippen molar-refractivity contribution in [1.29, 1.82) is 0 Å². The number of carboxylic acid groups (broad SMARTS) is 1. The first-order chi connectivity index (χ1) is 16.0. The second-order valence-electron chi connectivity index (χ2n) is 8.53. The maximum atomic E-state index is 11.5. The van der Waals surface area contributed by atoms with Gasteiger partial charge in [0.15, 0.2) is 5.11 Å². The first-order valence-corrected chi connectivity index (χ1v) is 11.9. The zero-order valence-electron chi connectivity index (χ0n) is 17.9. The molecule has 0 radical (unpaired) electrons. The summed E-state index contributed by atoms with van der Waals surface area (Å²) in [4.78, 5) is 18.3. The minimum Gasteiger partial charge on any atom is -0.478 e. The molecule has 2 aromatic heterocycles. The molecule has 33 heavy (non-hydrogen) atoms. The van der Waals surface area contributed by atoms with Crippen LogP contribution in [0, 0.1) is 0 Å². The second kappa shape index (κ2) is 9.15. The van der Waals surface area contributed by atoms with Crippen LogP contribution in [0.3, 0.4) is 0 Å². The Balaban J connectivity index is 1.56. The van der Waals surface area contributed by atoms with Gasteiger partial charge in [-0.3, -0.25) is 4.98 Å². The summed E-state index contributed by atoms with van der Waals surface area (Å²) in [5.41, 5.74) is 1.60. The molecular formula is C25H24ClN3O3S. The molecule has 8 heteroatoms. The Morgan fingerprint density at radius 1 is 1.15 bits per heavy atom. The van der Waals surface area contributed by atoms with Crippen LogP contribution in [0.2, 0.25) is 5.02 Å². The first-order valence-electron chi connectivity index (χ1n) is 11.2. The Morgan fingerprint density at radius 3 is 2.70 bits per heavy atom. The van der Waals surface area contributed by atoms with Gasteiger partial charge in [-0.25, -0.2) is 4.79 Å². The van der Waals surface area contributed by atoms with Gasteiger partial charge in [0.25, 0.3) is 0 Å². The number of pyridine rings is 1. The maximum absolute atomic E-state index is 11.5. The molecule has 6 nitrogen and oxygen atoms in total. The SMILES string of the molecule is O=C(O)c1ccc(Cl)c(-c2ccc(C3C(c4ccccn4)NC(=S)N3C3CCCCC3)o2)c1. The Bertz CT molecular complexity index is 1180. The lowest BCUT2D eigenvalue weighted by Gasteiger charge is -2.36. The number of carbonyl (C=O) groups is 1. The van der Waals surface area contributed by atoms with Crippen molar-refractivity contribution in [1.82, 2.24) is 15.2 Å². The summed E-state index contributed by atoms with van der Waals surface area (Å²) in [6, 6.07) is 14.3. The summed E-state index contributed by atoms with van der Waals surface area (Å²) < 4.78 is 6.34. The molecule has 5 rings (SSSR count). The molecule has 2 aliphatic rings. The number of hydrogen-bond donors (Lipinski definition) is 2. The summed E-state index contributed by atoms with van der Waals surface area (Å²) in [7, 11) is 0. The van der Waals surface area contributed by atoms with E-state index in [2.05, 4.69) is 15.2 Å². The molecule has 2 atom stereocenters. The average molecular weight is 482 g/mol. The topological polar surface area (TPSA) is 78.6 Å². The van der Waals surface area contributed by atoms with E-state index in [0.29, 0.717) is 27.5 Å². The Kier molecular flexibility index (Phi) is 6.08. The van der Waals surface area contributed by atoms with Gasteiger partial charge in [-0.15, -0.1) is 0 Å². The highest BCUT2D eigenvalue weighted by Crippen LogP contribution is 2.44. The summed E-state index contributed by atoms with van der Waals surface area (Å²) in [6.07, 6.45) is 7.59. The van der Waals surface area contributed by atoms with Crippen LogP contribution >= 0.6 is 23.8 Å². The number of nitrogens with zero attached hydrogens (tertiary/aromatic N) is 2. The molecule has 1 aliphatic carbocycles. The fourth-order valence-corrected chi connectivity index (χ4v) is 5.53. The van der Waals surface area contributed by atoms with Crippen molar-refractivity contribution in [2.24, 2.45) is 0 Å². The molecule has 170 valence electrons. The maximum Gasteiger partial charge on any atom is 0.335 e. The number of rotatable bonds is 5. The van der Waals surface area contributed by atoms with Crippen LogP contribution in [-0.2, 0) is 0 Å². The second-order valence-corrected chi connectivity index (χ2v) is 9.32. The molecule has 1 saturated carbocycles. The van der Waals surface area contributed by atoms with E-state index in [4.69, 9.17) is 28.2 Å². The van der Waals surface area contributed by atoms with E-state index in [1.165, 1.54) is 25.3 Å². The molecular weight excluding hydrogens is 458 g/mol. The predicted molar refractivity (Wildman–Crippen MR) is 130 cm³/mol. The zero-order chi connectivity index (χ0) is 22.9. The molecule has 2 unspecified atom stereocenters. The van der Waals surface area contributed by atoms with Crippen molar-refractivity contribution in [2.45, 2.75) is 50.2 Å². The highest BCUT2D eigenvalue weighted by Gasteiger charge is 2.44. The van der Waals surface area contributed by atoms with Gasteiger partial charge in [-0.1, -0.05) is 36.9 Å². The first kappa shape index (κ1) is 21.9. The van der Waals surface area contributed by atoms with Crippen LogP contribution in [0.4, 0.5) is 0 Å². The predicted octanol–water partition coefficient (Wildman–Crippen LogP) is 6.00. The molecule has 2 fully saturated rings. The fraction of sp³-hybridized carbons (Fsp3) is 0.320. The largest absolute Gasteiger partial charge is 0.478 e. The standard InChI is InChI=1S/C25H24ClN3O3S/c26-18-10-9-15(24(30)31)14-17(18)20-11-12-21(32-20)23-22(19-8-4-5-13-27-19)28-25(33)29(23)16-6-2-1-3-7-16/h4-5,8-14,16,22-23H,1-3,6-7H2,(H,28,33)(H,30,31). The smallest absolute Gasteiger partial charge is 0.335 e. The Hall–Kier alpha value is -2.90. The number of thiocarbonyl (C=S) groups is 1. The van der Waals surface area contributed by atoms with E-state index < -0.39 is 5.97 Å².